The molecular formula is C22H22N4O2S2. The molecule has 4 aromatic rings. The average molecular weight is 439 g/mol. The van der Waals surface area contributed by atoms with E-state index in [9.17, 15) is 4.79 Å². The van der Waals surface area contributed by atoms with E-state index in [2.05, 4.69) is 4.98 Å². The van der Waals surface area contributed by atoms with Crippen LogP contribution in [-0.4, -0.2) is 39.8 Å². The summed E-state index contributed by atoms with van der Waals surface area (Å²) in [6.07, 6.45) is 6.30. The van der Waals surface area contributed by atoms with Crippen molar-refractivity contribution < 1.29 is 9.53 Å². The summed E-state index contributed by atoms with van der Waals surface area (Å²) in [5, 5.41) is 0.707. The molecule has 0 atom stereocenters. The van der Waals surface area contributed by atoms with Crippen molar-refractivity contribution in [2.75, 3.05) is 24.3 Å². The number of fused-ring (bicyclic) bond motifs is 1. The van der Waals surface area contributed by atoms with Gasteiger partial charge in [-0.15, -0.1) is 11.8 Å². The first kappa shape index (κ1) is 20.4. The number of hydrogen-bond acceptors (Lipinski definition) is 6. The third-order valence-corrected chi connectivity index (χ3v) is 6.63. The van der Waals surface area contributed by atoms with Crippen LogP contribution in [-0.2, 0) is 11.3 Å². The quantitative estimate of drug-likeness (QED) is 0.354. The van der Waals surface area contributed by atoms with Crippen molar-refractivity contribution in [2.24, 2.45) is 0 Å². The van der Waals surface area contributed by atoms with Crippen LogP contribution in [0, 0.1) is 0 Å². The molecule has 0 aliphatic rings. The van der Waals surface area contributed by atoms with Gasteiger partial charge in [0.2, 0.25) is 5.91 Å². The number of ether oxygens (including phenoxy) is 1. The highest BCUT2D eigenvalue weighted by molar-refractivity contribution is 8.00. The molecule has 4 rings (SSSR count). The van der Waals surface area contributed by atoms with Crippen molar-refractivity contribution in [1.29, 1.82) is 0 Å². The summed E-state index contributed by atoms with van der Waals surface area (Å²) >= 11 is 3.06. The van der Waals surface area contributed by atoms with Crippen LogP contribution in [0.3, 0.4) is 0 Å². The number of benzene rings is 2. The maximum absolute atomic E-state index is 13.2. The number of rotatable bonds is 9. The molecular weight excluding hydrogens is 416 g/mol. The number of carbonyl (C=O) groups is 1. The molecule has 2 heterocycles. The topological polar surface area (TPSA) is 60.2 Å². The number of anilines is 1. The predicted octanol–water partition coefficient (Wildman–Crippen LogP) is 4.72. The summed E-state index contributed by atoms with van der Waals surface area (Å²) in [6, 6.07) is 15.8. The first-order valence-electron chi connectivity index (χ1n) is 9.62. The lowest BCUT2D eigenvalue weighted by Crippen LogP contribution is -2.33. The highest BCUT2D eigenvalue weighted by Gasteiger charge is 2.21. The molecule has 0 spiro atoms. The van der Waals surface area contributed by atoms with Gasteiger partial charge in [-0.3, -0.25) is 9.69 Å². The van der Waals surface area contributed by atoms with E-state index in [1.165, 1.54) is 11.3 Å². The van der Waals surface area contributed by atoms with Crippen LogP contribution in [0.2, 0.25) is 0 Å². The summed E-state index contributed by atoms with van der Waals surface area (Å²) < 4.78 is 8.47. The van der Waals surface area contributed by atoms with Gasteiger partial charge in [0.15, 0.2) is 5.13 Å². The fourth-order valence-electron chi connectivity index (χ4n) is 3.09. The molecule has 0 fully saturated rings. The highest BCUT2D eigenvalue weighted by atomic mass is 32.2. The van der Waals surface area contributed by atoms with Gasteiger partial charge in [0, 0.05) is 30.4 Å². The first-order valence-corrected chi connectivity index (χ1v) is 11.4. The van der Waals surface area contributed by atoms with Crippen LogP contribution in [0.1, 0.15) is 6.42 Å². The Bertz CT molecular complexity index is 1100. The second kappa shape index (κ2) is 9.77. The van der Waals surface area contributed by atoms with Crippen LogP contribution < -0.4 is 9.64 Å². The predicted molar refractivity (Wildman–Crippen MR) is 123 cm³/mol. The number of methoxy groups -OCH3 is 1. The lowest BCUT2D eigenvalue weighted by atomic mass is 10.3. The Balaban J connectivity index is 1.53. The monoisotopic (exact) mass is 438 g/mol. The van der Waals surface area contributed by atoms with E-state index in [1.807, 2.05) is 59.3 Å². The lowest BCUT2D eigenvalue weighted by molar-refractivity contribution is -0.116. The van der Waals surface area contributed by atoms with E-state index < -0.39 is 0 Å². The molecule has 6 nitrogen and oxygen atoms in total. The molecule has 0 aliphatic carbocycles. The van der Waals surface area contributed by atoms with Gasteiger partial charge in [-0.05, 0) is 30.7 Å². The molecule has 0 N–H and O–H groups in total. The van der Waals surface area contributed by atoms with Crippen molar-refractivity contribution in [3.8, 4) is 5.75 Å². The van der Waals surface area contributed by atoms with E-state index >= 15 is 0 Å². The van der Waals surface area contributed by atoms with E-state index in [0.717, 1.165) is 33.8 Å². The van der Waals surface area contributed by atoms with E-state index in [0.29, 0.717) is 17.4 Å². The SMILES string of the molecule is COc1cccc2sc(N(CCCn3ccnc3)C(=O)CSc3ccccc3)nc12. The van der Waals surface area contributed by atoms with Gasteiger partial charge < -0.3 is 9.30 Å². The number of para-hydroxylation sites is 1. The molecule has 0 unspecified atom stereocenters. The largest absolute Gasteiger partial charge is 0.494 e. The minimum absolute atomic E-state index is 0.0486. The van der Waals surface area contributed by atoms with Crippen molar-refractivity contribution in [3.63, 3.8) is 0 Å². The van der Waals surface area contributed by atoms with E-state index in [-0.39, 0.29) is 5.91 Å². The van der Waals surface area contributed by atoms with Crippen molar-refractivity contribution in [3.05, 3.63) is 67.3 Å². The Hall–Kier alpha value is -2.84. The number of nitrogens with zero attached hydrogens (tertiary/aromatic N) is 4. The minimum atomic E-state index is 0.0486. The lowest BCUT2D eigenvalue weighted by Gasteiger charge is -2.20. The zero-order valence-electron chi connectivity index (χ0n) is 16.6. The molecule has 0 radical (unpaired) electrons. The first-order chi connectivity index (χ1) is 14.7. The highest BCUT2D eigenvalue weighted by Crippen LogP contribution is 2.34. The van der Waals surface area contributed by atoms with Gasteiger partial charge >= 0.3 is 0 Å². The van der Waals surface area contributed by atoms with Crippen molar-refractivity contribution >= 4 is 44.4 Å². The summed E-state index contributed by atoms with van der Waals surface area (Å²) in [5.74, 6) is 1.13. The fraction of sp³-hybridized carbons (Fsp3) is 0.227. The zero-order chi connectivity index (χ0) is 20.8. The number of imidazole rings is 1. The number of hydrogen-bond donors (Lipinski definition) is 0. The minimum Gasteiger partial charge on any atom is -0.494 e. The molecule has 0 saturated heterocycles. The van der Waals surface area contributed by atoms with Gasteiger partial charge in [0.05, 0.1) is 23.9 Å². The summed E-state index contributed by atoms with van der Waals surface area (Å²) in [6.45, 7) is 1.39. The molecule has 154 valence electrons. The number of aryl methyl sites for hydroxylation is 1. The normalized spacial score (nSPS) is 11.0. The van der Waals surface area contributed by atoms with Crippen LogP contribution in [0.5, 0.6) is 5.75 Å². The van der Waals surface area contributed by atoms with Crippen molar-refractivity contribution in [2.45, 2.75) is 17.9 Å². The Labute approximate surface area is 183 Å². The Morgan fingerprint density at radius 1 is 1.20 bits per heavy atom. The molecule has 30 heavy (non-hydrogen) atoms. The second-order valence-electron chi connectivity index (χ2n) is 6.60. The molecule has 0 aliphatic heterocycles. The maximum Gasteiger partial charge on any atom is 0.239 e. The van der Waals surface area contributed by atoms with Gasteiger partial charge in [-0.1, -0.05) is 35.6 Å². The summed E-state index contributed by atoms with van der Waals surface area (Å²) in [4.78, 5) is 24.9. The molecule has 2 aromatic carbocycles. The van der Waals surface area contributed by atoms with Crippen LogP contribution in [0.4, 0.5) is 5.13 Å². The average Bonchev–Trinajstić information content (AvgIpc) is 3.45. The smallest absolute Gasteiger partial charge is 0.239 e. The summed E-state index contributed by atoms with van der Waals surface area (Å²) in [5.41, 5.74) is 0.795. The third-order valence-electron chi connectivity index (χ3n) is 4.59. The Morgan fingerprint density at radius 2 is 2.07 bits per heavy atom. The van der Waals surface area contributed by atoms with Crippen LogP contribution in [0.15, 0.2) is 72.1 Å². The zero-order valence-corrected chi connectivity index (χ0v) is 18.2. The molecule has 1 amide bonds. The van der Waals surface area contributed by atoms with Gasteiger partial charge in [0.25, 0.3) is 0 Å². The number of amides is 1. The second-order valence-corrected chi connectivity index (χ2v) is 8.66. The third kappa shape index (κ3) is 4.83. The Morgan fingerprint density at radius 3 is 2.83 bits per heavy atom. The summed E-state index contributed by atoms with van der Waals surface area (Å²) in [7, 11) is 1.64. The number of thioether (sulfide) groups is 1. The number of carbonyl (C=O) groups excluding carboxylic acids is 1. The number of thiazole rings is 1. The number of aromatic nitrogens is 3. The maximum atomic E-state index is 13.2. The van der Waals surface area contributed by atoms with Gasteiger partial charge in [-0.25, -0.2) is 9.97 Å². The van der Waals surface area contributed by atoms with Crippen molar-refractivity contribution in [1.82, 2.24) is 14.5 Å². The van der Waals surface area contributed by atoms with E-state index in [1.54, 1.807) is 36.3 Å². The molecule has 2 aromatic heterocycles. The molecule has 8 heteroatoms. The molecule has 0 saturated carbocycles. The Kier molecular flexibility index (Phi) is 6.66. The fourth-order valence-corrected chi connectivity index (χ4v) is 4.91. The van der Waals surface area contributed by atoms with Gasteiger partial charge in [-0.2, -0.15) is 0 Å². The van der Waals surface area contributed by atoms with Crippen LogP contribution in [0.25, 0.3) is 10.2 Å². The molecule has 0 bridgehead atoms. The van der Waals surface area contributed by atoms with Crippen LogP contribution >= 0.6 is 23.1 Å². The van der Waals surface area contributed by atoms with E-state index in [4.69, 9.17) is 9.72 Å². The van der Waals surface area contributed by atoms with Gasteiger partial charge in [0.1, 0.15) is 11.3 Å². The standard InChI is InChI=1S/C22H22N4O2S2/c1-28-18-9-5-10-19-21(18)24-22(30-19)26(13-6-12-25-14-11-23-16-25)20(27)15-29-17-7-3-2-4-8-17/h2-5,7-11,14,16H,6,12-13,15H2,1H3.